The van der Waals surface area contributed by atoms with E-state index in [1.165, 1.54) is 5.56 Å². The number of benzene rings is 9. The number of para-hydroxylation sites is 1. The maximum atomic E-state index is 8.54. The SMILES string of the molecule is [2H]c1c([2H])c([2H])c(-c2ccc(N(c3ccc(-c4ccc5c(c4)c4ccccc4n5-c4ccc(-c5ccccc5)cc4)cc3)c3ccc(-c4c([2H])c([2H])c([2H])c([2H])c4[2H])cc3)cc2)c([2H])c1[2H]. The van der Waals surface area contributed by atoms with Crippen molar-refractivity contribution in [2.45, 2.75) is 0 Å². The van der Waals surface area contributed by atoms with Crippen molar-refractivity contribution in [2.75, 3.05) is 4.90 Å². The molecule has 2 nitrogen and oxygen atoms in total. The Morgan fingerprint density at radius 1 is 0.321 bits per heavy atom. The highest BCUT2D eigenvalue weighted by Crippen LogP contribution is 2.39. The predicted octanol–water partition coefficient (Wildman–Crippen LogP) is 14.9. The summed E-state index contributed by atoms with van der Waals surface area (Å²) < 4.78 is 85.4. The summed E-state index contributed by atoms with van der Waals surface area (Å²) >= 11 is 0. The van der Waals surface area contributed by atoms with Crippen LogP contribution in [-0.4, -0.2) is 4.57 Å². The average Bonchev–Trinajstić information content (AvgIpc) is 3.69. The van der Waals surface area contributed by atoms with E-state index in [4.69, 9.17) is 13.7 Å². The molecule has 2 heteroatoms. The zero-order valence-corrected chi connectivity index (χ0v) is 30.1. The van der Waals surface area contributed by atoms with Gasteiger partial charge in [0.15, 0.2) is 0 Å². The molecule has 9 aromatic carbocycles. The van der Waals surface area contributed by atoms with E-state index in [0.717, 1.165) is 49.9 Å². The van der Waals surface area contributed by atoms with Gasteiger partial charge in [0, 0.05) is 33.5 Å². The van der Waals surface area contributed by atoms with E-state index < -0.39 is 36.3 Å². The van der Waals surface area contributed by atoms with Gasteiger partial charge in [0.2, 0.25) is 0 Å². The maximum absolute atomic E-state index is 8.54. The Balaban J connectivity index is 1.04. The topological polar surface area (TPSA) is 8.17 Å². The third-order valence-corrected chi connectivity index (χ3v) is 10.2. The number of hydrogen-bond acceptors (Lipinski definition) is 1. The zero-order chi connectivity index (χ0) is 46.0. The fourth-order valence-electron chi connectivity index (χ4n) is 7.46. The van der Waals surface area contributed by atoms with Gasteiger partial charge in [0.1, 0.15) is 0 Å². The van der Waals surface area contributed by atoms with Gasteiger partial charge in [-0.25, -0.2) is 0 Å². The Kier molecular flexibility index (Phi) is 6.21. The minimum atomic E-state index is -0.455. The van der Waals surface area contributed by atoms with Crippen molar-refractivity contribution < 1.29 is 13.7 Å². The molecule has 0 N–H and O–H groups in total. The normalized spacial score (nSPS) is 13.7. The van der Waals surface area contributed by atoms with Crippen LogP contribution < -0.4 is 4.90 Å². The van der Waals surface area contributed by atoms with E-state index in [0.29, 0.717) is 22.5 Å². The standard InChI is InChI=1S/C54H38N2/c1-4-12-39(13-5-1)42-20-29-47(30-21-42)55(48-31-22-43(23-32-48)40-14-6-2-7-15-40)49-33-26-45(27-34-49)46-28-37-54-52(38-46)51-18-10-11-19-53(51)56(54)50-35-24-44(25-36-50)41-16-8-3-9-17-41/h1-38H/i1D,2D,4D,5D,6D,7D,12D,13D,14D,15D. The van der Waals surface area contributed by atoms with Gasteiger partial charge in [-0.1, -0.05) is 164 Å². The molecule has 0 unspecified atom stereocenters. The van der Waals surface area contributed by atoms with Gasteiger partial charge in [-0.3, -0.25) is 0 Å². The summed E-state index contributed by atoms with van der Waals surface area (Å²) in [6.07, 6.45) is 0. The molecule has 0 aliphatic carbocycles. The van der Waals surface area contributed by atoms with Crippen LogP contribution in [0.4, 0.5) is 17.1 Å². The van der Waals surface area contributed by atoms with E-state index in [1.54, 1.807) is 24.3 Å². The number of rotatable bonds is 8. The first kappa shape index (κ1) is 24.1. The van der Waals surface area contributed by atoms with Gasteiger partial charge in [-0.05, 0) is 111 Å². The molecule has 0 fully saturated rings. The number of nitrogens with zero attached hydrogens (tertiary/aromatic N) is 2. The lowest BCUT2D eigenvalue weighted by atomic mass is 10.0. The second-order valence-corrected chi connectivity index (χ2v) is 13.5. The highest BCUT2D eigenvalue weighted by Gasteiger charge is 2.16. The molecule has 10 aromatic rings. The Morgan fingerprint density at radius 2 is 0.732 bits per heavy atom. The van der Waals surface area contributed by atoms with E-state index >= 15 is 0 Å². The van der Waals surface area contributed by atoms with Gasteiger partial charge in [0.25, 0.3) is 0 Å². The highest BCUT2D eigenvalue weighted by atomic mass is 15.1. The molecular weight excluding hydrogens is 677 g/mol. The molecule has 1 aromatic heterocycles. The third-order valence-electron chi connectivity index (χ3n) is 10.2. The van der Waals surface area contributed by atoms with Crippen molar-refractivity contribution in [3.63, 3.8) is 0 Å². The molecule has 56 heavy (non-hydrogen) atoms. The number of fused-ring (bicyclic) bond motifs is 3. The zero-order valence-electron chi connectivity index (χ0n) is 40.1. The lowest BCUT2D eigenvalue weighted by Gasteiger charge is -2.26. The Morgan fingerprint density at radius 3 is 1.29 bits per heavy atom. The molecule has 0 spiro atoms. The Hall–Kier alpha value is -7.42. The van der Waals surface area contributed by atoms with Crippen LogP contribution in [0.1, 0.15) is 13.7 Å². The smallest absolute Gasteiger partial charge is 0.0629 e. The monoisotopic (exact) mass is 724 g/mol. The molecule has 0 saturated heterocycles. The summed E-state index contributed by atoms with van der Waals surface area (Å²) in [6, 6.07) is 52.7. The number of anilines is 3. The largest absolute Gasteiger partial charge is 0.311 e. The molecule has 0 atom stereocenters. The van der Waals surface area contributed by atoms with Crippen LogP contribution in [-0.2, 0) is 0 Å². The molecule has 10 rings (SSSR count). The van der Waals surface area contributed by atoms with E-state index in [9.17, 15) is 0 Å². The molecule has 264 valence electrons. The molecule has 1 heterocycles. The first-order chi connectivity index (χ1) is 31.9. The fraction of sp³-hybridized carbons (Fsp3) is 0. The third kappa shape index (κ3) is 6.24. The van der Waals surface area contributed by atoms with Crippen molar-refractivity contribution >= 4 is 38.9 Å². The Bertz CT molecular complexity index is 3330. The molecule has 0 saturated carbocycles. The van der Waals surface area contributed by atoms with Crippen molar-refractivity contribution in [3.8, 4) is 50.2 Å². The number of aromatic nitrogens is 1. The summed E-state index contributed by atoms with van der Waals surface area (Å²) in [7, 11) is 0. The van der Waals surface area contributed by atoms with E-state index in [2.05, 4.69) is 95.6 Å². The van der Waals surface area contributed by atoms with Gasteiger partial charge >= 0.3 is 0 Å². The average molecular weight is 725 g/mol. The van der Waals surface area contributed by atoms with E-state index in [1.807, 2.05) is 59.5 Å². The molecule has 0 aliphatic rings. The number of hydrogen-bond donors (Lipinski definition) is 0. The van der Waals surface area contributed by atoms with Crippen molar-refractivity contribution in [2.24, 2.45) is 0 Å². The van der Waals surface area contributed by atoms with Gasteiger partial charge < -0.3 is 9.47 Å². The second-order valence-electron chi connectivity index (χ2n) is 13.5. The van der Waals surface area contributed by atoms with Crippen LogP contribution in [0.15, 0.2) is 230 Å². The molecule has 0 bridgehead atoms. The van der Waals surface area contributed by atoms with Crippen LogP contribution in [0.5, 0.6) is 0 Å². The molecular formula is C54H38N2. The van der Waals surface area contributed by atoms with Crippen molar-refractivity contribution in [3.05, 3.63) is 230 Å². The van der Waals surface area contributed by atoms with E-state index in [-0.39, 0.29) is 35.3 Å². The highest BCUT2D eigenvalue weighted by molar-refractivity contribution is 6.10. The quantitative estimate of drug-likeness (QED) is 0.151. The Labute approximate surface area is 341 Å². The first-order valence-corrected chi connectivity index (χ1v) is 18.4. The summed E-state index contributed by atoms with van der Waals surface area (Å²) in [5.41, 5.74) is 11.0. The van der Waals surface area contributed by atoms with Gasteiger partial charge in [-0.15, -0.1) is 0 Å². The first-order valence-electron chi connectivity index (χ1n) is 23.4. The summed E-state index contributed by atoms with van der Waals surface area (Å²) in [6.45, 7) is 0. The van der Waals surface area contributed by atoms with Crippen LogP contribution >= 0.6 is 0 Å². The summed E-state index contributed by atoms with van der Waals surface area (Å²) in [5, 5.41) is 2.27. The molecule has 0 amide bonds. The van der Waals surface area contributed by atoms with Crippen LogP contribution in [0.3, 0.4) is 0 Å². The lowest BCUT2D eigenvalue weighted by Crippen LogP contribution is -2.09. The minimum Gasteiger partial charge on any atom is -0.311 e. The van der Waals surface area contributed by atoms with Crippen molar-refractivity contribution in [1.82, 2.24) is 4.57 Å². The lowest BCUT2D eigenvalue weighted by molar-refractivity contribution is 1.18. The summed E-state index contributed by atoms with van der Waals surface area (Å²) in [4.78, 5) is 2.00. The fourth-order valence-corrected chi connectivity index (χ4v) is 7.46. The van der Waals surface area contributed by atoms with Gasteiger partial charge in [0.05, 0.1) is 24.7 Å². The molecule has 0 aliphatic heterocycles. The van der Waals surface area contributed by atoms with Crippen LogP contribution in [0, 0.1) is 0 Å². The predicted molar refractivity (Wildman–Crippen MR) is 237 cm³/mol. The van der Waals surface area contributed by atoms with Gasteiger partial charge in [-0.2, -0.15) is 0 Å². The van der Waals surface area contributed by atoms with Crippen LogP contribution in [0.25, 0.3) is 72.0 Å². The molecule has 0 radical (unpaired) electrons. The second kappa shape index (κ2) is 14.4. The maximum Gasteiger partial charge on any atom is 0.0629 e. The van der Waals surface area contributed by atoms with Crippen molar-refractivity contribution in [1.29, 1.82) is 0 Å². The minimum absolute atomic E-state index is 0.104. The summed E-state index contributed by atoms with van der Waals surface area (Å²) in [5.74, 6) is 0. The van der Waals surface area contributed by atoms with Crippen LogP contribution in [0.2, 0.25) is 0 Å².